The van der Waals surface area contributed by atoms with Gasteiger partial charge in [-0.2, -0.15) is 0 Å². The summed E-state index contributed by atoms with van der Waals surface area (Å²) < 4.78 is 0. The van der Waals surface area contributed by atoms with Crippen LogP contribution in [-0.4, -0.2) is 89.4 Å². The second-order valence-corrected chi connectivity index (χ2v) is 12.1. The van der Waals surface area contributed by atoms with Crippen LogP contribution in [-0.2, 0) is 21.5 Å². The number of anilines is 2. The van der Waals surface area contributed by atoms with E-state index in [1.165, 1.54) is 4.90 Å². The molecule has 9 nitrogen and oxygen atoms in total. The molecule has 4 amide bonds. The van der Waals surface area contributed by atoms with Crippen LogP contribution in [0.5, 0.6) is 0 Å². The van der Waals surface area contributed by atoms with Crippen LogP contribution >= 0.6 is 0 Å². The first-order chi connectivity index (χ1) is 17.9. The lowest BCUT2D eigenvalue weighted by molar-refractivity contribution is -0.123. The van der Waals surface area contributed by atoms with Crippen LogP contribution in [0.2, 0.25) is 0 Å². The van der Waals surface area contributed by atoms with Gasteiger partial charge < -0.3 is 14.7 Å². The smallest absolute Gasteiger partial charge is 0.310 e. The van der Waals surface area contributed by atoms with E-state index in [0.29, 0.717) is 31.4 Å². The predicted molar refractivity (Wildman–Crippen MR) is 147 cm³/mol. The highest BCUT2D eigenvalue weighted by atomic mass is 16.2. The van der Waals surface area contributed by atoms with Crippen LogP contribution in [0.1, 0.15) is 45.2 Å². The van der Waals surface area contributed by atoms with Gasteiger partial charge in [0.15, 0.2) is 0 Å². The van der Waals surface area contributed by atoms with Gasteiger partial charge in [0.2, 0.25) is 5.91 Å². The molecule has 9 heteroatoms. The summed E-state index contributed by atoms with van der Waals surface area (Å²) >= 11 is 0. The molecule has 2 saturated heterocycles. The normalized spacial score (nSPS) is 22.6. The van der Waals surface area contributed by atoms with E-state index in [1.54, 1.807) is 31.1 Å². The third-order valence-corrected chi connectivity index (χ3v) is 8.36. The fourth-order valence-electron chi connectivity index (χ4n) is 5.90. The highest BCUT2D eigenvalue weighted by Crippen LogP contribution is 2.44. The fourth-order valence-corrected chi connectivity index (χ4v) is 5.90. The highest BCUT2D eigenvalue weighted by Gasteiger charge is 2.52. The molecule has 3 aliphatic rings. The summed E-state index contributed by atoms with van der Waals surface area (Å²) in [5, 5.41) is 0. The minimum absolute atomic E-state index is 0.0482. The zero-order chi connectivity index (χ0) is 27.4. The molecular weight excluding hydrogens is 480 g/mol. The van der Waals surface area contributed by atoms with Gasteiger partial charge in [-0.05, 0) is 69.8 Å². The maximum atomic E-state index is 13.6. The van der Waals surface area contributed by atoms with Crippen LogP contribution in [0.3, 0.4) is 0 Å². The third kappa shape index (κ3) is 4.47. The lowest BCUT2D eigenvalue weighted by atomic mass is 9.87. The van der Waals surface area contributed by atoms with Crippen LogP contribution < -0.4 is 9.80 Å². The molecule has 1 unspecified atom stereocenters. The first kappa shape index (κ1) is 26.3. The van der Waals surface area contributed by atoms with Crippen molar-refractivity contribution in [2.24, 2.45) is 0 Å². The molecule has 202 valence electrons. The fraction of sp³-hybridized carbons (Fsp3) is 0.517. The minimum Gasteiger partial charge on any atom is -0.310 e. The van der Waals surface area contributed by atoms with Crippen LogP contribution in [0, 0.1) is 0 Å². The summed E-state index contributed by atoms with van der Waals surface area (Å²) in [6.45, 7) is 10.8. The van der Waals surface area contributed by atoms with E-state index in [-0.39, 0.29) is 23.3 Å². The number of hydrogen-bond donors (Lipinski definition) is 0. The molecule has 0 aliphatic carbocycles. The molecule has 38 heavy (non-hydrogen) atoms. The monoisotopic (exact) mass is 518 g/mol. The van der Waals surface area contributed by atoms with Crippen molar-refractivity contribution in [3.05, 3.63) is 53.9 Å². The topological polar surface area (TPSA) is 80.3 Å². The Morgan fingerprint density at radius 3 is 2.45 bits per heavy atom. The van der Waals surface area contributed by atoms with Gasteiger partial charge in [0.1, 0.15) is 5.54 Å². The molecule has 1 aromatic carbocycles. The molecule has 5 rings (SSSR count). The second kappa shape index (κ2) is 9.47. The Morgan fingerprint density at radius 1 is 1.08 bits per heavy atom. The van der Waals surface area contributed by atoms with Crippen molar-refractivity contribution in [1.82, 2.24) is 19.7 Å². The van der Waals surface area contributed by atoms with E-state index in [4.69, 9.17) is 0 Å². The number of urea groups is 1. The molecular formula is C29H38N6O3. The number of carbonyl (C=O) groups excluding carboxylic acids is 3. The van der Waals surface area contributed by atoms with Crippen molar-refractivity contribution in [1.29, 1.82) is 0 Å². The van der Waals surface area contributed by atoms with Gasteiger partial charge in [0.25, 0.3) is 5.91 Å². The van der Waals surface area contributed by atoms with Crippen molar-refractivity contribution in [2.75, 3.05) is 50.1 Å². The van der Waals surface area contributed by atoms with Gasteiger partial charge >= 0.3 is 6.03 Å². The Balaban J connectivity index is 1.41. The number of benzene rings is 1. The maximum Gasteiger partial charge on any atom is 0.332 e. The van der Waals surface area contributed by atoms with Gasteiger partial charge in [0.05, 0.1) is 12.2 Å². The van der Waals surface area contributed by atoms with Crippen molar-refractivity contribution < 1.29 is 14.4 Å². The average Bonchev–Trinajstić information content (AvgIpc) is 3.49. The Labute approximate surface area is 225 Å². The number of amides is 4. The van der Waals surface area contributed by atoms with Gasteiger partial charge in [-0.3, -0.25) is 19.5 Å². The number of aromatic nitrogens is 1. The molecule has 1 atom stereocenters. The van der Waals surface area contributed by atoms with E-state index < -0.39 is 5.54 Å². The van der Waals surface area contributed by atoms with Gasteiger partial charge in [-0.25, -0.2) is 9.69 Å². The Kier molecular flexibility index (Phi) is 6.55. The molecule has 0 N–H and O–H groups in total. The Morgan fingerprint density at radius 2 is 1.79 bits per heavy atom. The SMILES string of the molecule is CN(C)C1CCN(CC(=O)N2CC(C)(C)c3ccc(N4C(=O)N(Cc5ccncc5)C(C)(C)C4=O)cc32)C1. The average molecular weight is 519 g/mol. The maximum absolute atomic E-state index is 13.6. The van der Waals surface area contributed by atoms with Crippen molar-refractivity contribution in [2.45, 2.75) is 57.7 Å². The van der Waals surface area contributed by atoms with Crippen molar-refractivity contribution >= 4 is 29.2 Å². The molecule has 2 aromatic rings. The standard InChI is InChI=1S/C29H38N6O3/c1-28(2)19-33(25(36)18-32-14-11-22(17-32)31(5)6)24-15-21(7-8-23(24)28)35-26(37)29(3,4)34(27(35)38)16-20-9-12-30-13-10-20/h7-10,12-13,15,22H,11,14,16-19H2,1-6H3. The number of pyridine rings is 1. The zero-order valence-electron chi connectivity index (χ0n) is 23.3. The third-order valence-electron chi connectivity index (χ3n) is 8.36. The van der Waals surface area contributed by atoms with E-state index in [1.807, 2.05) is 35.2 Å². The molecule has 1 aromatic heterocycles. The number of imide groups is 1. The molecule has 0 radical (unpaired) electrons. The summed E-state index contributed by atoms with van der Waals surface area (Å²) in [7, 11) is 4.16. The lowest BCUT2D eigenvalue weighted by Crippen LogP contribution is -2.43. The number of likely N-dealkylation sites (N-methyl/N-ethyl adjacent to an activating group) is 1. The lowest BCUT2D eigenvalue weighted by Gasteiger charge is -2.27. The quantitative estimate of drug-likeness (QED) is 0.547. The summed E-state index contributed by atoms with van der Waals surface area (Å²) in [6, 6.07) is 9.43. The minimum atomic E-state index is -1.01. The number of fused-ring (bicyclic) bond motifs is 1. The van der Waals surface area contributed by atoms with Crippen molar-refractivity contribution in [3.8, 4) is 0 Å². The van der Waals surface area contributed by atoms with Crippen LogP contribution in [0.25, 0.3) is 0 Å². The molecule has 0 bridgehead atoms. The van der Waals surface area contributed by atoms with Crippen LogP contribution in [0.4, 0.5) is 16.2 Å². The summed E-state index contributed by atoms with van der Waals surface area (Å²) in [4.78, 5) is 53.9. The van der Waals surface area contributed by atoms with Gasteiger partial charge in [-0.1, -0.05) is 19.9 Å². The van der Waals surface area contributed by atoms with Gasteiger partial charge in [-0.15, -0.1) is 0 Å². The van der Waals surface area contributed by atoms with E-state index >= 15 is 0 Å². The Bertz CT molecular complexity index is 1260. The van der Waals surface area contributed by atoms with Gasteiger partial charge in [0, 0.05) is 55.7 Å². The molecule has 0 spiro atoms. The number of carbonyl (C=O) groups is 3. The van der Waals surface area contributed by atoms with E-state index in [0.717, 1.165) is 36.3 Å². The molecule has 2 fully saturated rings. The largest absolute Gasteiger partial charge is 0.332 e. The van der Waals surface area contributed by atoms with Crippen LogP contribution in [0.15, 0.2) is 42.7 Å². The number of rotatable bonds is 6. The molecule has 0 saturated carbocycles. The highest BCUT2D eigenvalue weighted by molar-refractivity contribution is 6.23. The number of hydrogen-bond acceptors (Lipinski definition) is 6. The summed E-state index contributed by atoms with van der Waals surface area (Å²) in [5.74, 6) is -0.231. The van der Waals surface area contributed by atoms with E-state index in [9.17, 15) is 14.4 Å². The first-order valence-electron chi connectivity index (χ1n) is 13.3. The summed E-state index contributed by atoms with van der Waals surface area (Å²) in [5.41, 5.74) is 2.00. The first-order valence-corrected chi connectivity index (χ1v) is 13.3. The van der Waals surface area contributed by atoms with Crippen molar-refractivity contribution in [3.63, 3.8) is 0 Å². The zero-order valence-corrected chi connectivity index (χ0v) is 23.3. The van der Waals surface area contributed by atoms with E-state index in [2.05, 4.69) is 42.7 Å². The predicted octanol–water partition coefficient (Wildman–Crippen LogP) is 3.09. The number of nitrogens with zero attached hydrogens (tertiary/aromatic N) is 6. The second-order valence-electron chi connectivity index (χ2n) is 12.1. The Hall–Kier alpha value is -3.30. The summed E-state index contributed by atoms with van der Waals surface area (Å²) in [6.07, 6.45) is 4.41. The molecule has 4 heterocycles. The number of likely N-dealkylation sites (tertiary alicyclic amines) is 1. The molecule has 3 aliphatic heterocycles.